The second kappa shape index (κ2) is 7.26. The van der Waals surface area contributed by atoms with E-state index < -0.39 is 12.9 Å². The van der Waals surface area contributed by atoms with Gasteiger partial charge in [0.1, 0.15) is 12.9 Å². The van der Waals surface area contributed by atoms with Crippen molar-refractivity contribution in [3.05, 3.63) is 0 Å². The Bertz CT molecular complexity index is 208. The van der Waals surface area contributed by atoms with Crippen molar-refractivity contribution in [3.8, 4) is 0 Å². The van der Waals surface area contributed by atoms with Gasteiger partial charge in [0.2, 0.25) is 0 Å². The highest BCUT2D eigenvalue weighted by Gasteiger charge is 2.29. The molecule has 0 bridgehead atoms. The van der Waals surface area contributed by atoms with Crippen LogP contribution in [-0.2, 0) is 0 Å². The molecule has 102 valence electrons. The lowest BCUT2D eigenvalue weighted by molar-refractivity contribution is 0.0666. The lowest BCUT2D eigenvalue weighted by atomic mass is 9.78. The zero-order valence-electron chi connectivity index (χ0n) is 10.8. The fourth-order valence-electron chi connectivity index (χ4n) is 2.71. The molecule has 1 saturated carbocycles. The quantitative estimate of drug-likeness (QED) is 0.518. The van der Waals surface area contributed by atoms with E-state index in [4.69, 9.17) is 5.73 Å². The van der Waals surface area contributed by atoms with E-state index in [2.05, 4.69) is 17.6 Å². The zero-order valence-corrected chi connectivity index (χ0v) is 10.8. The van der Waals surface area contributed by atoms with Gasteiger partial charge in [0.05, 0.1) is 6.17 Å². The van der Waals surface area contributed by atoms with Gasteiger partial charge in [-0.1, -0.05) is 0 Å². The largest absolute Gasteiger partial charge is 0.376 e. The Hall–Kier alpha value is -0.230. The second-order valence-corrected chi connectivity index (χ2v) is 5.14. The van der Waals surface area contributed by atoms with Gasteiger partial charge in [0.25, 0.3) is 0 Å². The Balaban J connectivity index is 2.39. The first kappa shape index (κ1) is 14.8. The number of hydrogen-bond acceptors (Lipinski definition) is 4. The van der Waals surface area contributed by atoms with Crippen molar-refractivity contribution in [2.45, 2.75) is 51.0 Å². The number of aliphatic hydroxyl groups is 1. The topological polar surface area (TPSA) is 70.3 Å². The highest BCUT2D eigenvalue weighted by Crippen LogP contribution is 2.31. The Morgan fingerprint density at radius 1 is 1.29 bits per heavy atom. The minimum atomic E-state index is -1.07. The second-order valence-electron chi connectivity index (χ2n) is 5.14. The van der Waals surface area contributed by atoms with Crippen molar-refractivity contribution in [1.29, 1.82) is 0 Å². The summed E-state index contributed by atoms with van der Waals surface area (Å²) in [5, 5.41) is 15.3. The number of hydrogen-bond donors (Lipinski definition) is 4. The Morgan fingerprint density at radius 2 is 1.82 bits per heavy atom. The number of rotatable bonds is 6. The molecule has 1 aliphatic rings. The number of nitrogens with two attached hydrogens (primary N) is 1. The molecular formula is C12H26FN3O. The van der Waals surface area contributed by atoms with Crippen LogP contribution in [0, 0.1) is 11.8 Å². The maximum Gasteiger partial charge on any atom is 0.134 e. The van der Waals surface area contributed by atoms with Crippen molar-refractivity contribution in [2.75, 3.05) is 13.7 Å². The van der Waals surface area contributed by atoms with E-state index in [0.717, 1.165) is 25.7 Å². The van der Waals surface area contributed by atoms with Gasteiger partial charge < -0.3 is 16.2 Å². The lowest BCUT2D eigenvalue weighted by Crippen LogP contribution is -2.52. The van der Waals surface area contributed by atoms with Crippen LogP contribution < -0.4 is 16.4 Å². The van der Waals surface area contributed by atoms with Crippen LogP contribution in [0.1, 0.15) is 32.6 Å². The van der Waals surface area contributed by atoms with E-state index in [1.807, 2.05) is 7.05 Å². The summed E-state index contributed by atoms with van der Waals surface area (Å²) in [5.74, 6) is 1.05. The number of alkyl halides is 1. The molecule has 1 fully saturated rings. The van der Waals surface area contributed by atoms with Gasteiger partial charge in [0, 0.05) is 6.04 Å². The zero-order chi connectivity index (χ0) is 12.8. The van der Waals surface area contributed by atoms with Crippen molar-refractivity contribution in [3.63, 3.8) is 0 Å². The normalized spacial score (nSPS) is 30.9. The number of halogens is 1. The number of aliphatic hydroxyl groups excluding tert-OH is 1. The standard InChI is InChI=1S/C12H26FN3O/c1-8(14)9-3-5-10(6-4-9)12(15-2)16-11(17)7-13/h8-12,15-17H,3-7,14H2,1-2H3. The van der Waals surface area contributed by atoms with Crippen molar-refractivity contribution < 1.29 is 9.50 Å². The van der Waals surface area contributed by atoms with Crippen LogP contribution in [-0.4, -0.2) is 37.3 Å². The fourth-order valence-corrected chi connectivity index (χ4v) is 2.71. The third-order valence-electron chi connectivity index (χ3n) is 3.86. The first-order chi connectivity index (χ1) is 8.08. The minimum Gasteiger partial charge on any atom is -0.376 e. The molecule has 3 unspecified atom stereocenters. The molecule has 5 N–H and O–H groups in total. The molecule has 0 heterocycles. The molecule has 0 aliphatic heterocycles. The molecule has 5 heteroatoms. The van der Waals surface area contributed by atoms with Crippen LogP contribution in [0.2, 0.25) is 0 Å². The van der Waals surface area contributed by atoms with Gasteiger partial charge in [-0.15, -0.1) is 0 Å². The first-order valence-electron chi connectivity index (χ1n) is 6.51. The molecule has 0 aromatic rings. The average Bonchev–Trinajstić information content (AvgIpc) is 2.35. The molecule has 0 spiro atoms. The minimum absolute atomic E-state index is 0.0187. The van der Waals surface area contributed by atoms with E-state index in [1.54, 1.807) is 0 Å². The van der Waals surface area contributed by atoms with Gasteiger partial charge in [-0.05, 0) is 51.5 Å². The van der Waals surface area contributed by atoms with Crippen molar-refractivity contribution >= 4 is 0 Å². The molecule has 1 rings (SSSR count). The molecule has 3 atom stereocenters. The molecule has 17 heavy (non-hydrogen) atoms. The summed E-state index contributed by atoms with van der Waals surface area (Å²) in [7, 11) is 1.83. The molecule has 0 amide bonds. The van der Waals surface area contributed by atoms with Crippen molar-refractivity contribution in [2.24, 2.45) is 17.6 Å². The molecule has 0 radical (unpaired) electrons. The van der Waals surface area contributed by atoms with E-state index in [1.165, 1.54) is 0 Å². The van der Waals surface area contributed by atoms with Crippen LogP contribution >= 0.6 is 0 Å². The van der Waals surface area contributed by atoms with E-state index in [9.17, 15) is 9.50 Å². The molecule has 0 saturated heterocycles. The van der Waals surface area contributed by atoms with Gasteiger partial charge in [0.15, 0.2) is 0 Å². The van der Waals surface area contributed by atoms with Crippen LogP contribution in [0.3, 0.4) is 0 Å². The van der Waals surface area contributed by atoms with Crippen LogP contribution in [0.4, 0.5) is 4.39 Å². The van der Waals surface area contributed by atoms with Gasteiger partial charge in [-0.3, -0.25) is 5.32 Å². The fraction of sp³-hybridized carbons (Fsp3) is 1.00. The molecule has 4 nitrogen and oxygen atoms in total. The van der Waals surface area contributed by atoms with E-state index >= 15 is 0 Å². The summed E-state index contributed by atoms with van der Waals surface area (Å²) in [6.45, 7) is 1.30. The summed E-state index contributed by atoms with van der Waals surface area (Å²) in [5.41, 5.74) is 5.90. The smallest absolute Gasteiger partial charge is 0.134 e. The molecule has 0 aromatic carbocycles. The van der Waals surface area contributed by atoms with Crippen LogP contribution in [0.25, 0.3) is 0 Å². The van der Waals surface area contributed by atoms with E-state index in [0.29, 0.717) is 11.8 Å². The summed E-state index contributed by atoms with van der Waals surface area (Å²) in [4.78, 5) is 0. The monoisotopic (exact) mass is 247 g/mol. The summed E-state index contributed by atoms with van der Waals surface area (Å²) >= 11 is 0. The Kier molecular flexibility index (Phi) is 6.33. The molecule has 0 aromatic heterocycles. The summed E-state index contributed by atoms with van der Waals surface area (Å²) in [6, 6.07) is 0.258. The number of nitrogens with one attached hydrogen (secondary N) is 2. The predicted octanol–water partition coefficient (Wildman–Crippen LogP) is 0.563. The Morgan fingerprint density at radius 3 is 2.24 bits per heavy atom. The van der Waals surface area contributed by atoms with Crippen LogP contribution in [0.5, 0.6) is 0 Å². The SMILES string of the molecule is CNC(NC(O)CF)C1CCC(C(C)N)CC1. The van der Waals surface area contributed by atoms with E-state index in [-0.39, 0.29) is 12.2 Å². The lowest BCUT2D eigenvalue weighted by Gasteiger charge is -2.36. The predicted molar refractivity (Wildman–Crippen MR) is 67.1 cm³/mol. The van der Waals surface area contributed by atoms with Gasteiger partial charge >= 0.3 is 0 Å². The summed E-state index contributed by atoms with van der Waals surface area (Å²) < 4.78 is 12.3. The van der Waals surface area contributed by atoms with Crippen LogP contribution in [0.15, 0.2) is 0 Å². The highest BCUT2D eigenvalue weighted by molar-refractivity contribution is 4.83. The maximum atomic E-state index is 12.3. The highest BCUT2D eigenvalue weighted by atomic mass is 19.1. The van der Waals surface area contributed by atoms with Gasteiger partial charge in [-0.25, -0.2) is 4.39 Å². The maximum absolute atomic E-state index is 12.3. The summed E-state index contributed by atoms with van der Waals surface area (Å²) in [6.07, 6.45) is 3.29. The van der Waals surface area contributed by atoms with Crippen molar-refractivity contribution in [1.82, 2.24) is 10.6 Å². The first-order valence-corrected chi connectivity index (χ1v) is 6.51. The Labute approximate surface area is 103 Å². The van der Waals surface area contributed by atoms with Gasteiger partial charge in [-0.2, -0.15) is 0 Å². The molecule has 1 aliphatic carbocycles. The molecular weight excluding hydrogens is 221 g/mol. The third-order valence-corrected chi connectivity index (χ3v) is 3.86. The average molecular weight is 247 g/mol. The third kappa shape index (κ3) is 4.50.